The summed E-state index contributed by atoms with van der Waals surface area (Å²) in [7, 11) is 0. The van der Waals surface area contributed by atoms with Gasteiger partial charge in [-0.25, -0.2) is 4.98 Å². The molecule has 7 nitrogen and oxygen atoms in total. The molecule has 2 aromatic heterocycles. The SMILES string of the molecule is Cc1cc(C=NNc2ccc([N+](=O)[O-])cn2)c(C)n1-c1ccc2ccccc2c1. The molecule has 144 valence electrons. The third-order valence-electron chi connectivity index (χ3n) is 4.80. The van der Waals surface area contributed by atoms with E-state index in [4.69, 9.17) is 0 Å². The lowest BCUT2D eigenvalue weighted by Gasteiger charge is -2.11. The van der Waals surface area contributed by atoms with Gasteiger partial charge in [-0.15, -0.1) is 0 Å². The second-order valence-electron chi connectivity index (χ2n) is 6.72. The molecule has 0 bridgehead atoms. The lowest BCUT2D eigenvalue weighted by atomic mass is 10.1. The van der Waals surface area contributed by atoms with Gasteiger partial charge in [-0.3, -0.25) is 15.5 Å². The Balaban J connectivity index is 1.57. The van der Waals surface area contributed by atoms with Gasteiger partial charge in [0.2, 0.25) is 0 Å². The zero-order valence-corrected chi connectivity index (χ0v) is 16.0. The third-order valence-corrected chi connectivity index (χ3v) is 4.80. The number of aromatic nitrogens is 2. The Morgan fingerprint density at radius 2 is 1.86 bits per heavy atom. The highest BCUT2D eigenvalue weighted by Gasteiger charge is 2.10. The number of hydrazone groups is 1. The fourth-order valence-electron chi connectivity index (χ4n) is 3.36. The number of fused-ring (bicyclic) bond motifs is 1. The molecule has 2 heterocycles. The number of nitrogens with one attached hydrogen (secondary N) is 1. The molecule has 0 fully saturated rings. The predicted molar refractivity (Wildman–Crippen MR) is 115 cm³/mol. The van der Waals surface area contributed by atoms with Crippen molar-refractivity contribution in [2.75, 3.05) is 5.43 Å². The summed E-state index contributed by atoms with van der Waals surface area (Å²) in [5.74, 6) is 0.440. The van der Waals surface area contributed by atoms with E-state index in [2.05, 4.69) is 63.4 Å². The highest BCUT2D eigenvalue weighted by atomic mass is 16.6. The first kappa shape index (κ1) is 18.4. The molecule has 0 aliphatic rings. The normalized spacial score (nSPS) is 11.2. The molecule has 0 amide bonds. The van der Waals surface area contributed by atoms with Gasteiger partial charge in [0.25, 0.3) is 5.69 Å². The van der Waals surface area contributed by atoms with E-state index in [0.717, 1.165) is 22.6 Å². The molecular weight excluding hydrogens is 366 g/mol. The number of nitrogens with zero attached hydrogens (tertiary/aromatic N) is 4. The first-order chi connectivity index (χ1) is 14.0. The largest absolute Gasteiger partial charge is 0.318 e. The van der Waals surface area contributed by atoms with Gasteiger partial charge in [-0.2, -0.15) is 5.10 Å². The number of rotatable bonds is 5. The van der Waals surface area contributed by atoms with Crippen molar-refractivity contribution in [1.29, 1.82) is 0 Å². The quantitative estimate of drug-likeness (QED) is 0.298. The summed E-state index contributed by atoms with van der Waals surface area (Å²) in [5.41, 5.74) is 7.00. The van der Waals surface area contributed by atoms with Crippen molar-refractivity contribution in [3.63, 3.8) is 0 Å². The van der Waals surface area contributed by atoms with Crippen LogP contribution in [0.3, 0.4) is 0 Å². The van der Waals surface area contributed by atoms with Crippen molar-refractivity contribution in [3.8, 4) is 5.69 Å². The number of hydrogen-bond acceptors (Lipinski definition) is 5. The number of nitro groups is 1. The minimum absolute atomic E-state index is 0.0570. The van der Waals surface area contributed by atoms with Gasteiger partial charge in [0.15, 0.2) is 0 Å². The first-order valence-corrected chi connectivity index (χ1v) is 9.10. The molecule has 0 spiro atoms. The third kappa shape index (κ3) is 3.70. The number of pyridine rings is 1. The van der Waals surface area contributed by atoms with Crippen molar-refractivity contribution < 1.29 is 4.92 Å². The monoisotopic (exact) mass is 385 g/mol. The zero-order chi connectivity index (χ0) is 20.4. The second kappa shape index (κ2) is 7.55. The van der Waals surface area contributed by atoms with Crippen LogP contribution in [-0.2, 0) is 0 Å². The lowest BCUT2D eigenvalue weighted by Crippen LogP contribution is -2.00. The summed E-state index contributed by atoms with van der Waals surface area (Å²) < 4.78 is 2.19. The lowest BCUT2D eigenvalue weighted by molar-refractivity contribution is -0.385. The number of anilines is 1. The molecule has 1 N–H and O–H groups in total. The highest BCUT2D eigenvalue weighted by Crippen LogP contribution is 2.23. The summed E-state index contributed by atoms with van der Waals surface area (Å²) >= 11 is 0. The minimum atomic E-state index is -0.484. The Bertz CT molecular complexity index is 1230. The topological polar surface area (TPSA) is 85.3 Å². The van der Waals surface area contributed by atoms with Gasteiger partial charge >= 0.3 is 0 Å². The second-order valence-corrected chi connectivity index (χ2v) is 6.72. The maximum Gasteiger partial charge on any atom is 0.287 e. The minimum Gasteiger partial charge on any atom is -0.318 e. The molecule has 0 aliphatic carbocycles. The van der Waals surface area contributed by atoms with Crippen LogP contribution in [0.2, 0.25) is 0 Å². The standard InChI is InChI=1S/C22H19N5O2/c1-15-11-19(13-24-25-22-10-9-21(14-23-22)27(28)29)16(2)26(15)20-8-7-17-5-3-4-6-18(17)12-20/h3-14H,1-2H3,(H,23,25). The van der Waals surface area contributed by atoms with E-state index in [-0.39, 0.29) is 5.69 Å². The molecule has 0 saturated carbocycles. The smallest absolute Gasteiger partial charge is 0.287 e. The molecule has 0 radical (unpaired) electrons. The van der Waals surface area contributed by atoms with E-state index in [0.29, 0.717) is 5.82 Å². The number of benzene rings is 2. The molecule has 0 aliphatic heterocycles. The van der Waals surface area contributed by atoms with Gasteiger partial charge in [0.05, 0.1) is 11.1 Å². The van der Waals surface area contributed by atoms with Crippen LogP contribution in [0.15, 0.2) is 72.0 Å². The van der Waals surface area contributed by atoms with Gasteiger partial charge in [0, 0.05) is 28.7 Å². The van der Waals surface area contributed by atoms with Crippen molar-refractivity contribution in [3.05, 3.63) is 93.9 Å². The molecule has 29 heavy (non-hydrogen) atoms. The maximum atomic E-state index is 10.7. The van der Waals surface area contributed by atoms with Crippen LogP contribution in [0.4, 0.5) is 11.5 Å². The van der Waals surface area contributed by atoms with Crippen LogP contribution in [0.25, 0.3) is 16.5 Å². The highest BCUT2D eigenvalue weighted by molar-refractivity contribution is 5.85. The van der Waals surface area contributed by atoms with Crippen molar-refractivity contribution >= 4 is 28.5 Å². The van der Waals surface area contributed by atoms with Crippen LogP contribution >= 0.6 is 0 Å². The zero-order valence-electron chi connectivity index (χ0n) is 16.0. The average Bonchev–Trinajstić information content (AvgIpc) is 3.01. The maximum absolute atomic E-state index is 10.7. The molecule has 7 heteroatoms. The summed E-state index contributed by atoms with van der Waals surface area (Å²) in [5, 5.41) is 17.3. The number of aryl methyl sites for hydroxylation is 1. The van der Waals surface area contributed by atoms with Gasteiger partial charge in [0.1, 0.15) is 12.0 Å². The van der Waals surface area contributed by atoms with Crippen LogP contribution in [0.1, 0.15) is 17.0 Å². The summed E-state index contributed by atoms with van der Waals surface area (Å²) in [6, 6.07) is 19.7. The van der Waals surface area contributed by atoms with E-state index in [1.165, 1.54) is 29.1 Å². The van der Waals surface area contributed by atoms with Crippen LogP contribution < -0.4 is 5.43 Å². The Morgan fingerprint density at radius 1 is 1.07 bits per heavy atom. The van der Waals surface area contributed by atoms with E-state index in [1.807, 2.05) is 19.1 Å². The fourth-order valence-corrected chi connectivity index (χ4v) is 3.36. The van der Waals surface area contributed by atoms with E-state index >= 15 is 0 Å². The fraction of sp³-hybridized carbons (Fsp3) is 0.0909. The van der Waals surface area contributed by atoms with E-state index in [1.54, 1.807) is 6.21 Å². The summed E-state index contributed by atoms with van der Waals surface area (Å²) in [6.45, 7) is 4.11. The van der Waals surface area contributed by atoms with Gasteiger partial charge in [-0.05, 0) is 48.9 Å². The molecule has 4 aromatic rings. The Morgan fingerprint density at radius 3 is 2.59 bits per heavy atom. The van der Waals surface area contributed by atoms with Crippen LogP contribution in [-0.4, -0.2) is 20.7 Å². The molecule has 0 unspecified atom stereocenters. The molecule has 4 rings (SSSR count). The number of hydrogen-bond donors (Lipinski definition) is 1. The average molecular weight is 385 g/mol. The Hall–Kier alpha value is -4.00. The van der Waals surface area contributed by atoms with Crippen molar-refractivity contribution in [2.24, 2.45) is 5.10 Å². The Labute approximate surface area is 167 Å². The summed E-state index contributed by atoms with van der Waals surface area (Å²) in [4.78, 5) is 14.2. The first-order valence-electron chi connectivity index (χ1n) is 9.10. The molecule has 2 aromatic carbocycles. The Kier molecular flexibility index (Phi) is 4.78. The molecular formula is C22H19N5O2. The van der Waals surface area contributed by atoms with Crippen molar-refractivity contribution in [2.45, 2.75) is 13.8 Å². The van der Waals surface area contributed by atoms with Gasteiger partial charge < -0.3 is 4.57 Å². The van der Waals surface area contributed by atoms with E-state index < -0.39 is 4.92 Å². The van der Waals surface area contributed by atoms with Crippen LogP contribution in [0, 0.1) is 24.0 Å². The summed E-state index contributed by atoms with van der Waals surface area (Å²) in [6.07, 6.45) is 2.92. The molecule has 0 saturated heterocycles. The predicted octanol–water partition coefficient (Wildman–Crippen LogP) is 5.00. The van der Waals surface area contributed by atoms with Gasteiger partial charge in [-0.1, -0.05) is 30.3 Å². The van der Waals surface area contributed by atoms with Crippen LogP contribution in [0.5, 0.6) is 0 Å². The van der Waals surface area contributed by atoms with Crippen molar-refractivity contribution in [1.82, 2.24) is 9.55 Å². The van der Waals surface area contributed by atoms with E-state index in [9.17, 15) is 10.1 Å². The molecule has 0 atom stereocenters.